The molecule has 5 aliphatic rings. The van der Waals surface area contributed by atoms with Crippen molar-refractivity contribution in [3.63, 3.8) is 0 Å². The van der Waals surface area contributed by atoms with Crippen molar-refractivity contribution < 1.29 is 61.1 Å². The first kappa shape index (κ1) is 30.1. The molecule has 22 nitrogen and oxygen atoms in total. The molecule has 4 saturated heterocycles. The molecule has 8 heterocycles. The first-order chi connectivity index (χ1) is 21.8. The van der Waals surface area contributed by atoms with Crippen molar-refractivity contribution in [2.24, 2.45) is 4.99 Å². The van der Waals surface area contributed by atoms with Crippen molar-refractivity contribution in [2.45, 2.75) is 55.0 Å². The second kappa shape index (κ2) is 10.4. The average molecular weight is 686 g/mol. The molecule has 0 radical (unpaired) electrons. The average Bonchev–Trinajstić information content (AvgIpc) is 3.71. The first-order valence-electron chi connectivity index (χ1n) is 13.6. The van der Waals surface area contributed by atoms with Gasteiger partial charge < -0.3 is 34.8 Å². The van der Waals surface area contributed by atoms with E-state index in [0.717, 1.165) is 0 Å². The summed E-state index contributed by atoms with van der Waals surface area (Å²) in [6.07, 6.45) is -6.42. The Bertz CT molecular complexity index is 1950. The standard InChI is InChI=1S/C22H24N8O14P2/c23-21-27-17-11(18(33)28-21)26-7-30(17)20-14-15-22(42-20,4-38-15)5-40-46(36,37)43-13-9(3-39-45(34,35)44-14)41-19(12(13)32)29-6-25-10-8(31)1-2-24-16(10)29/h2,6-7,9,12-15,19-20,32H,1,3-5H2,(H,34,35)(H,36,37)(H3,23,27,28,33)/t9-,12-,13-,14-,15+,19-,20-,22-/m1/s1. The molecule has 246 valence electrons. The van der Waals surface area contributed by atoms with E-state index in [4.69, 9.17) is 38.0 Å². The molecule has 46 heavy (non-hydrogen) atoms. The number of phosphoric ester groups is 2. The van der Waals surface area contributed by atoms with Gasteiger partial charge in [-0.15, -0.1) is 0 Å². The summed E-state index contributed by atoms with van der Waals surface area (Å²) in [7, 11) is -10.1. The largest absolute Gasteiger partial charge is 0.472 e. The number of nitrogens with zero attached hydrogens (tertiary/aromatic N) is 6. The summed E-state index contributed by atoms with van der Waals surface area (Å²) < 4.78 is 68.2. The Morgan fingerprint density at radius 2 is 1.78 bits per heavy atom. The van der Waals surface area contributed by atoms with E-state index >= 15 is 0 Å². The van der Waals surface area contributed by atoms with Crippen LogP contribution < -0.4 is 11.3 Å². The van der Waals surface area contributed by atoms with Gasteiger partial charge in [0.25, 0.3) is 5.56 Å². The number of rotatable bonds is 2. The minimum absolute atomic E-state index is 0.0238. The number of hydrogen-bond acceptors (Lipinski definition) is 17. The number of nitrogens with one attached hydrogen (secondary N) is 1. The molecule has 3 aromatic rings. The molecule has 10 atom stereocenters. The van der Waals surface area contributed by atoms with Crippen LogP contribution in [0.1, 0.15) is 29.4 Å². The van der Waals surface area contributed by atoms with Crippen molar-refractivity contribution in [1.29, 1.82) is 0 Å². The SMILES string of the molecule is Nc1nc2c(ncn2[C@@H]2O[C@@]34CO[C@H]3[C@H]2OP(=O)(O)OC[C@H]2O[C@@H](n3cnc5c3N=CCC5=O)[C@H](O)[C@@H]2OP(=O)(O)OC4)c(=O)[nH]1. The highest BCUT2D eigenvalue weighted by Crippen LogP contribution is 2.58. The lowest BCUT2D eigenvalue weighted by molar-refractivity contribution is -0.244. The molecule has 2 unspecified atom stereocenters. The predicted octanol–water partition coefficient (Wildman–Crippen LogP) is -1.17. The van der Waals surface area contributed by atoms with Crippen LogP contribution in [0.4, 0.5) is 11.8 Å². The van der Waals surface area contributed by atoms with Gasteiger partial charge in [0.2, 0.25) is 5.95 Å². The molecular formula is C22H24N8O14P2. The van der Waals surface area contributed by atoms with Crippen LogP contribution in [0.2, 0.25) is 0 Å². The van der Waals surface area contributed by atoms with Gasteiger partial charge in [-0.3, -0.25) is 41.8 Å². The van der Waals surface area contributed by atoms with Crippen molar-refractivity contribution in [3.8, 4) is 0 Å². The molecule has 24 heteroatoms. The van der Waals surface area contributed by atoms with E-state index < -0.39 is 83.0 Å². The number of Topliss-reactive ketones (excluding diaryl/α,β-unsaturated/α-hetero) is 1. The Kier molecular flexibility index (Phi) is 6.79. The van der Waals surface area contributed by atoms with Gasteiger partial charge in [-0.2, -0.15) is 4.98 Å². The fraction of sp³-hybridized carbons (Fsp3) is 0.545. The third kappa shape index (κ3) is 4.73. The number of ether oxygens (including phenoxy) is 3. The van der Waals surface area contributed by atoms with Crippen molar-refractivity contribution in [2.75, 3.05) is 25.6 Å². The number of phosphoric acid groups is 2. The van der Waals surface area contributed by atoms with Gasteiger partial charge in [0, 0.05) is 12.6 Å². The number of aromatic amines is 1. The van der Waals surface area contributed by atoms with Crippen molar-refractivity contribution in [3.05, 3.63) is 28.7 Å². The zero-order valence-electron chi connectivity index (χ0n) is 23.1. The highest BCUT2D eigenvalue weighted by Gasteiger charge is 2.66. The van der Waals surface area contributed by atoms with E-state index in [1.807, 2.05) is 0 Å². The third-order valence-electron chi connectivity index (χ3n) is 8.17. The molecule has 3 aromatic heterocycles. The van der Waals surface area contributed by atoms with E-state index in [9.17, 15) is 33.6 Å². The molecule has 0 amide bonds. The first-order valence-corrected chi connectivity index (χ1v) is 16.6. The van der Waals surface area contributed by atoms with Crippen LogP contribution in [0.5, 0.6) is 0 Å². The number of aromatic nitrogens is 6. The smallest absolute Gasteiger partial charge is 0.386 e. The van der Waals surface area contributed by atoms with Gasteiger partial charge in [0.15, 0.2) is 40.9 Å². The maximum absolute atomic E-state index is 13.4. The van der Waals surface area contributed by atoms with Gasteiger partial charge in [-0.25, -0.2) is 24.1 Å². The second-order valence-electron chi connectivity index (χ2n) is 11.0. The number of anilines is 1. The fourth-order valence-electron chi connectivity index (χ4n) is 6.05. The number of nitrogen functional groups attached to an aromatic ring is 1. The Labute approximate surface area is 255 Å². The number of ketones is 1. The molecule has 0 aromatic carbocycles. The summed E-state index contributed by atoms with van der Waals surface area (Å²) in [6.45, 7) is -1.66. The van der Waals surface area contributed by atoms with Gasteiger partial charge in [-0.05, 0) is 0 Å². The maximum atomic E-state index is 13.4. The van der Waals surface area contributed by atoms with Crippen LogP contribution in [-0.4, -0.2) is 112 Å². The van der Waals surface area contributed by atoms with Crippen LogP contribution >= 0.6 is 15.6 Å². The van der Waals surface area contributed by atoms with E-state index in [0.29, 0.717) is 0 Å². The fourth-order valence-corrected chi connectivity index (χ4v) is 7.97. The topological polar surface area (TPSA) is 296 Å². The highest BCUT2D eigenvalue weighted by atomic mass is 31.2. The molecular weight excluding hydrogens is 662 g/mol. The number of aliphatic hydroxyl groups is 1. The number of fused-ring (bicyclic) bond motifs is 3. The lowest BCUT2D eigenvalue weighted by Crippen LogP contribution is -2.61. The third-order valence-corrected chi connectivity index (χ3v) is 10.1. The molecule has 0 spiro atoms. The Morgan fingerprint density at radius 3 is 2.57 bits per heavy atom. The molecule has 5 aliphatic heterocycles. The molecule has 0 aliphatic carbocycles. The molecule has 2 bridgehead atoms. The Hall–Kier alpha value is -3.24. The van der Waals surface area contributed by atoms with E-state index in [1.54, 1.807) is 0 Å². The van der Waals surface area contributed by atoms with Gasteiger partial charge >= 0.3 is 15.6 Å². The Morgan fingerprint density at radius 1 is 1.02 bits per heavy atom. The second-order valence-corrected chi connectivity index (χ2v) is 13.9. The van der Waals surface area contributed by atoms with Crippen LogP contribution in [0.15, 0.2) is 22.4 Å². The summed E-state index contributed by atoms with van der Waals surface area (Å²) in [5, 5.41) is 11.2. The number of nitrogens with two attached hydrogens (primary N) is 1. The van der Waals surface area contributed by atoms with Crippen LogP contribution in [0, 0.1) is 0 Å². The minimum atomic E-state index is -5.04. The summed E-state index contributed by atoms with van der Waals surface area (Å²) in [4.78, 5) is 64.8. The Balaban J connectivity index is 1.13. The summed E-state index contributed by atoms with van der Waals surface area (Å²) in [5.41, 5.74) is 3.37. The molecule has 0 saturated carbocycles. The van der Waals surface area contributed by atoms with Gasteiger partial charge in [-0.1, -0.05) is 0 Å². The maximum Gasteiger partial charge on any atom is 0.472 e. The lowest BCUT2D eigenvalue weighted by Gasteiger charge is -2.43. The van der Waals surface area contributed by atoms with Gasteiger partial charge in [0.1, 0.15) is 36.1 Å². The van der Waals surface area contributed by atoms with E-state index in [2.05, 4.69) is 24.9 Å². The number of imidazole rings is 2. The number of carbonyl (C=O) groups is 1. The zero-order valence-corrected chi connectivity index (χ0v) is 24.9. The number of carbonyl (C=O) groups excluding carboxylic acids is 1. The minimum Gasteiger partial charge on any atom is -0.386 e. The highest BCUT2D eigenvalue weighted by molar-refractivity contribution is 7.47. The number of H-pyrrole nitrogens is 1. The van der Waals surface area contributed by atoms with Crippen LogP contribution in [0.3, 0.4) is 0 Å². The molecule has 4 fully saturated rings. The molecule has 6 N–H and O–H groups in total. The quantitative estimate of drug-likeness (QED) is 0.198. The van der Waals surface area contributed by atoms with E-state index in [-0.39, 0.29) is 47.4 Å². The number of aliphatic hydroxyl groups excluding tert-OH is 1. The number of hydrogen-bond donors (Lipinski definition) is 5. The summed E-state index contributed by atoms with van der Waals surface area (Å²) in [6, 6.07) is 0. The number of aliphatic imine (C=N–C) groups is 1. The van der Waals surface area contributed by atoms with Crippen molar-refractivity contribution >= 4 is 50.6 Å². The van der Waals surface area contributed by atoms with E-state index in [1.165, 1.54) is 28.0 Å². The monoisotopic (exact) mass is 686 g/mol. The normalized spacial score (nSPS) is 40.8. The molecule has 8 rings (SSSR count). The van der Waals surface area contributed by atoms with Gasteiger partial charge in [0.05, 0.1) is 32.5 Å². The zero-order chi connectivity index (χ0) is 32.2. The summed E-state index contributed by atoms with van der Waals surface area (Å²) >= 11 is 0. The summed E-state index contributed by atoms with van der Waals surface area (Å²) in [5.74, 6) is -0.507. The van der Waals surface area contributed by atoms with Crippen LogP contribution in [0.25, 0.3) is 11.2 Å². The lowest BCUT2D eigenvalue weighted by atomic mass is 9.91. The predicted molar refractivity (Wildman–Crippen MR) is 146 cm³/mol. The van der Waals surface area contributed by atoms with Crippen molar-refractivity contribution in [1.82, 2.24) is 29.1 Å². The van der Waals surface area contributed by atoms with Crippen LogP contribution in [-0.2, 0) is 41.4 Å².